The normalized spacial score (nSPS) is 28.8. The number of nitrogens with zero attached hydrogens (tertiary/aromatic N) is 3. The highest BCUT2D eigenvalue weighted by Gasteiger charge is 2.77. The molecule has 1 fully saturated rings. The van der Waals surface area contributed by atoms with Gasteiger partial charge in [-0.1, -0.05) is 66.2 Å². The summed E-state index contributed by atoms with van der Waals surface area (Å²) in [7, 11) is 1.39. The standard InChI is InChI=1S/C26H22N4O4/c1-28-17-11-9-16(10-12-17)26-21(15-7-5-4-6-8-15)18(14-27)23(31)25(26,32)22-19(34-26)13-20(29-2)30-24(22)33-3/h4-13,18,21,23,31-32H,14,27H2,3H3/t18-,21-,23-,25+,26+/m1/s1. The summed E-state index contributed by atoms with van der Waals surface area (Å²) in [6.45, 7) is 14.8. The lowest BCUT2D eigenvalue weighted by molar-refractivity contribution is -0.152. The lowest BCUT2D eigenvalue weighted by Crippen LogP contribution is -2.52. The van der Waals surface area contributed by atoms with E-state index in [9.17, 15) is 10.2 Å². The van der Waals surface area contributed by atoms with Crippen LogP contribution >= 0.6 is 0 Å². The van der Waals surface area contributed by atoms with E-state index in [2.05, 4.69) is 14.7 Å². The number of hydrogen-bond acceptors (Lipinski definition) is 6. The summed E-state index contributed by atoms with van der Waals surface area (Å²) in [4.78, 5) is 11.1. The number of aliphatic hydroxyl groups excluding tert-OH is 1. The fourth-order valence-corrected chi connectivity index (χ4v) is 5.67. The van der Waals surface area contributed by atoms with E-state index in [1.165, 1.54) is 13.2 Å². The predicted molar refractivity (Wildman–Crippen MR) is 124 cm³/mol. The maximum Gasteiger partial charge on any atom is 0.319 e. The third-order valence-corrected chi connectivity index (χ3v) is 7.02. The average molecular weight is 454 g/mol. The molecule has 0 bridgehead atoms. The van der Waals surface area contributed by atoms with Crippen LogP contribution < -0.4 is 15.2 Å². The van der Waals surface area contributed by atoms with Gasteiger partial charge in [0.15, 0.2) is 16.9 Å². The summed E-state index contributed by atoms with van der Waals surface area (Å²) in [5.41, 5.74) is 4.67. The number of nitrogens with two attached hydrogens (primary N) is 1. The van der Waals surface area contributed by atoms with E-state index >= 15 is 0 Å². The molecule has 3 aromatic rings. The number of ether oxygens (including phenoxy) is 2. The number of benzene rings is 2. The van der Waals surface area contributed by atoms with Crippen LogP contribution in [-0.4, -0.2) is 35.0 Å². The van der Waals surface area contributed by atoms with Gasteiger partial charge in [0.05, 0.1) is 19.8 Å². The third kappa shape index (κ3) is 2.65. The molecule has 1 aromatic heterocycles. The van der Waals surface area contributed by atoms with Crippen LogP contribution in [0.5, 0.6) is 11.6 Å². The molecule has 4 N–H and O–H groups in total. The number of aromatic nitrogens is 1. The first-order valence-corrected chi connectivity index (χ1v) is 10.8. The fraction of sp³-hybridized carbons (Fsp3) is 0.269. The minimum atomic E-state index is -1.99. The van der Waals surface area contributed by atoms with Crippen molar-refractivity contribution in [2.24, 2.45) is 11.7 Å². The van der Waals surface area contributed by atoms with E-state index in [4.69, 9.17) is 28.4 Å². The molecule has 5 atom stereocenters. The third-order valence-electron chi connectivity index (χ3n) is 7.02. The Labute approximate surface area is 196 Å². The quantitative estimate of drug-likeness (QED) is 0.522. The van der Waals surface area contributed by atoms with Crippen molar-refractivity contribution in [3.05, 3.63) is 100 Å². The Balaban J connectivity index is 1.88. The van der Waals surface area contributed by atoms with E-state index in [-0.39, 0.29) is 29.6 Å². The van der Waals surface area contributed by atoms with Crippen LogP contribution in [0.15, 0.2) is 60.7 Å². The molecule has 5 rings (SSSR count). The molecule has 8 heteroatoms. The second kappa shape index (κ2) is 7.82. The SMILES string of the molecule is [C-]#[N+]c1ccc([C@@]23Oc4cc([N+]#[C-])nc(OC)c4[C@]2(O)[C@H](O)[C@H](CN)[C@H]3c2ccccc2)cc1. The van der Waals surface area contributed by atoms with Gasteiger partial charge in [-0.2, -0.15) is 0 Å². The molecule has 2 heterocycles. The number of pyridine rings is 1. The molecule has 2 aliphatic rings. The Morgan fingerprint density at radius 3 is 2.41 bits per heavy atom. The van der Waals surface area contributed by atoms with E-state index in [1.807, 2.05) is 30.3 Å². The van der Waals surface area contributed by atoms with Crippen LogP contribution in [0.3, 0.4) is 0 Å². The summed E-state index contributed by atoms with van der Waals surface area (Å²) in [6, 6.07) is 17.6. The van der Waals surface area contributed by atoms with E-state index in [1.54, 1.807) is 24.3 Å². The molecule has 1 aliphatic heterocycles. The first kappa shape index (κ1) is 21.9. The van der Waals surface area contributed by atoms with Gasteiger partial charge in [0.1, 0.15) is 11.3 Å². The largest absolute Gasteiger partial charge is 0.479 e. The predicted octanol–water partition coefficient (Wildman–Crippen LogP) is 3.40. The van der Waals surface area contributed by atoms with Crippen molar-refractivity contribution in [2.75, 3.05) is 13.7 Å². The summed E-state index contributed by atoms with van der Waals surface area (Å²) < 4.78 is 12.1. The van der Waals surface area contributed by atoms with Gasteiger partial charge in [-0.05, 0) is 17.7 Å². The molecule has 1 aliphatic carbocycles. The Bertz CT molecular complexity index is 1330. The Kier molecular flexibility index (Phi) is 5.03. The minimum absolute atomic E-state index is 0.00851. The van der Waals surface area contributed by atoms with Gasteiger partial charge >= 0.3 is 5.88 Å². The molecule has 0 radical (unpaired) electrons. The molecule has 0 saturated heterocycles. The van der Waals surface area contributed by atoms with Gasteiger partial charge in [-0.25, -0.2) is 4.85 Å². The van der Waals surface area contributed by atoms with Gasteiger partial charge in [-0.3, -0.25) is 0 Å². The molecule has 8 nitrogen and oxygen atoms in total. The van der Waals surface area contributed by atoms with Crippen molar-refractivity contribution in [1.82, 2.24) is 4.98 Å². The highest BCUT2D eigenvalue weighted by Crippen LogP contribution is 2.69. The molecule has 0 amide bonds. The zero-order valence-corrected chi connectivity index (χ0v) is 18.3. The summed E-state index contributed by atoms with van der Waals surface area (Å²) >= 11 is 0. The minimum Gasteiger partial charge on any atom is -0.479 e. The smallest absolute Gasteiger partial charge is 0.319 e. The second-order valence-corrected chi connectivity index (χ2v) is 8.47. The van der Waals surface area contributed by atoms with Crippen LogP contribution in [0.1, 0.15) is 22.6 Å². The summed E-state index contributed by atoms with van der Waals surface area (Å²) in [5, 5.41) is 24.2. The highest BCUT2D eigenvalue weighted by atomic mass is 16.5. The Morgan fingerprint density at radius 2 is 1.82 bits per heavy atom. The Morgan fingerprint density at radius 1 is 1.12 bits per heavy atom. The molecule has 0 spiro atoms. The molecule has 34 heavy (non-hydrogen) atoms. The van der Waals surface area contributed by atoms with Crippen molar-refractivity contribution in [2.45, 2.75) is 23.2 Å². The zero-order chi connectivity index (χ0) is 24.1. The first-order valence-electron chi connectivity index (χ1n) is 10.8. The number of hydrogen-bond donors (Lipinski definition) is 3. The van der Waals surface area contributed by atoms with Gasteiger partial charge in [0.25, 0.3) is 5.82 Å². The maximum atomic E-state index is 12.5. The highest BCUT2D eigenvalue weighted by molar-refractivity contribution is 5.63. The van der Waals surface area contributed by atoms with E-state index in [0.717, 1.165) is 5.56 Å². The second-order valence-electron chi connectivity index (χ2n) is 8.47. The molecular weight excluding hydrogens is 432 g/mol. The number of fused-ring (bicyclic) bond motifs is 3. The monoisotopic (exact) mass is 454 g/mol. The zero-order valence-electron chi connectivity index (χ0n) is 18.3. The number of aliphatic hydroxyl groups is 2. The van der Waals surface area contributed by atoms with Crippen molar-refractivity contribution >= 4 is 11.5 Å². The van der Waals surface area contributed by atoms with Crippen molar-refractivity contribution in [3.63, 3.8) is 0 Å². The van der Waals surface area contributed by atoms with Crippen LogP contribution in [0.2, 0.25) is 0 Å². The van der Waals surface area contributed by atoms with Crippen LogP contribution in [0.25, 0.3) is 9.69 Å². The van der Waals surface area contributed by atoms with Crippen molar-refractivity contribution < 1.29 is 19.7 Å². The molecule has 1 saturated carbocycles. The summed E-state index contributed by atoms with van der Waals surface area (Å²) in [6.07, 6.45) is -1.33. The average Bonchev–Trinajstić information content (AvgIpc) is 3.26. The first-order chi connectivity index (χ1) is 16.5. The molecule has 2 aromatic carbocycles. The number of methoxy groups -OCH3 is 1. The van der Waals surface area contributed by atoms with Crippen LogP contribution in [0, 0.1) is 19.1 Å². The van der Waals surface area contributed by atoms with E-state index < -0.39 is 29.1 Å². The summed E-state index contributed by atoms with van der Waals surface area (Å²) in [5.74, 6) is -0.879. The fourth-order valence-electron chi connectivity index (χ4n) is 5.67. The van der Waals surface area contributed by atoms with Crippen LogP contribution in [0.4, 0.5) is 11.5 Å². The van der Waals surface area contributed by atoms with E-state index in [0.29, 0.717) is 11.3 Å². The topological polar surface area (TPSA) is 107 Å². The number of rotatable bonds is 4. The molecule has 170 valence electrons. The van der Waals surface area contributed by atoms with Gasteiger partial charge in [0.2, 0.25) is 0 Å². The Hall–Kier alpha value is -3.95. The van der Waals surface area contributed by atoms with Crippen molar-refractivity contribution in [3.8, 4) is 11.6 Å². The van der Waals surface area contributed by atoms with Gasteiger partial charge < -0.3 is 30.3 Å². The van der Waals surface area contributed by atoms with Crippen LogP contribution in [-0.2, 0) is 11.2 Å². The molecule has 0 unspecified atom stereocenters. The maximum absolute atomic E-state index is 12.5. The van der Waals surface area contributed by atoms with Gasteiger partial charge in [-0.15, -0.1) is 0 Å². The lowest BCUT2D eigenvalue weighted by Gasteiger charge is -2.40. The molecular formula is C26H22N4O4. The lowest BCUT2D eigenvalue weighted by atomic mass is 9.71. The van der Waals surface area contributed by atoms with Crippen molar-refractivity contribution in [1.29, 1.82) is 0 Å². The van der Waals surface area contributed by atoms with Gasteiger partial charge in [0, 0.05) is 17.9 Å².